The highest BCUT2D eigenvalue weighted by atomic mass is 127. The third kappa shape index (κ3) is 13.3. The second-order valence-corrected chi connectivity index (χ2v) is 15.4. The van der Waals surface area contributed by atoms with E-state index in [1.807, 2.05) is 0 Å². The Kier molecular flexibility index (Phi) is 13.5. The molecule has 0 aromatic carbocycles. The zero-order valence-corrected chi connectivity index (χ0v) is 17.0. The molecule has 0 heterocycles. The number of hydrogen-bond acceptors (Lipinski definition) is 2. The molecule has 0 spiro atoms. The summed E-state index contributed by atoms with van der Waals surface area (Å²) in [4.78, 5) is 11.1. The van der Waals surface area contributed by atoms with Gasteiger partial charge >= 0.3 is 5.97 Å². The lowest BCUT2D eigenvalue weighted by atomic mass is 10.1. The molecule has 0 aromatic heterocycles. The van der Waals surface area contributed by atoms with E-state index >= 15 is 0 Å². The molecule has 18 heavy (non-hydrogen) atoms. The van der Waals surface area contributed by atoms with E-state index in [-0.39, 0.29) is 15.5 Å². The van der Waals surface area contributed by atoms with Gasteiger partial charge in [0.1, 0.15) is 0 Å². The summed E-state index contributed by atoms with van der Waals surface area (Å²) in [5.41, 5.74) is 0.489. The maximum atomic E-state index is 11.1. The first kappa shape index (κ1) is 18.9. The minimum absolute atomic E-state index is 0.189. The van der Waals surface area contributed by atoms with Gasteiger partial charge in [0.2, 0.25) is 0 Å². The van der Waals surface area contributed by atoms with E-state index in [9.17, 15) is 4.79 Å². The van der Waals surface area contributed by atoms with Crippen molar-refractivity contribution in [1.82, 2.24) is 0 Å². The van der Waals surface area contributed by atoms with Crippen LogP contribution >= 0.6 is 45.2 Å². The molecule has 0 bridgehead atoms. The highest BCUT2D eigenvalue weighted by Gasteiger charge is 2.02. The van der Waals surface area contributed by atoms with Crippen LogP contribution in [0.25, 0.3) is 0 Å². The predicted octanol–water partition coefficient (Wildman–Crippen LogP) is 4.19. The molecule has 0 N–H and O–H groups in total. The average molecular weight is 494 g/mol. The lowest BCUT2D eigenvalue weighted by Gasteiger charge is -2.04. The Bertz CT molecular complexity index is 245. The van der Waals surface area contributed by atoms with E-state index in [4.69, 9.17) is 4.74 Å². The molecule has 0 aromatic rings. The van der Waals surface area contributed by atoms with Crippen molar-refractivity contribution in [2.24, 2.45) is 0 Å². The fourth-order valence-corrected chi connectivity index (χ4v) is 5.17. The summed E-state index contributed by atoms with van der Waals surface area (Å²) in [6.45, 7) is 5.78. The quantitative estimate of drug-likeness (QED) is 0.108. The van der Waals surface area contributed by atoms with E-state index in [1.54, 1.807) is 6.92 Å². The van der Waals surface area contributed by atoms with Gasteiger partial charge in [0.15, 0.2) is 0 Å². The van der Waals surface area contributed by atoms with E-state index in [2.05, 4.69) is 51.8 Å². The lowest BCUT2D eigenvalue weighted by molar-refractivity contribution is -0.139. The highest BCUT2D eigenvalue weighted by molar-refractivity contribution is 14.2. The smallest absolute Gasteiger partial charge is 0.333 e. The second-order valence-electron chi connectivity index (χ2n) is 4.57. The number of alkyl halides is 2. The first-order valence-corrected chi connectivity index (χ1v) is 11.0. The number of ether oxygens (including phenoxy) is 1. The molecular formula is C13H24I2O2Si. The van der Waals surface area contributed by atoms with Crippen LogP contribution in [0.2, 0.25) is 6.04 Å². The van der Waals surface area contributed by atoms with Gasteiger partial charge in [-0.15, -0.1) is 0 Å². The SMILES string of the molecule is C=C(C)C(=O)OCCCCCCCC[SiH2]C(I)I. The molecular weight excluding hydrogens is 470 g/mol. The van der Waals surface area contributed by atoms with Crippen molar-refractivity contribution < 1.29 is 9.53 Å². The van der Waals surface area contributed by atoms with Gasteiger partial charge in [-0.25, -0.2) is 4.79 Å². The van der Waals surface area contributed by atoms with Crippen molar-refractivity contribution in [2.45, 2.75) is 53.0 Å². The topological polar surface area (TPSA) is 26.3 Å². The molecule has 2 nitrogen and oxygen atoms in total. The van der Waals surface area contributed by atoms with E-state index in [0.29, 0.717) is 12.2 Å². The van der Waals surface area contributed by atoms with Crippen LogP contribution in [0.5, 0.6) is 0 Å². The Balaban J connectivity index is 3.12. The van der Waals surface area contributed by atoms with Crippen LogP contribution in [0.4, 0.5) is 0 Å². The van der Waals surface area contributed by atoms with Crippen molar-refractivity contribution in [2.75, 3.05) is 6.61 Å². The number of carbonyl (C=O) groups is 1. The molecule has 0 aliphatic carbocycles. The summed E-state index contributed by atoms with van der Waals surface area (Å²) in [5, 5.41) is 0. The average Bonchev–Trinajstić information content (AvgIpc) is 2.30. The minimum Gasteiger partial charge on any atom is -0.462 e. The fraction of sp³-hybridized carbons (Fsp3) is 0.769. The monoisotopic (exact) mass is 494 g/mol. The fourth-order valence-electron chi connectivity index (χ4n) is 1.57. The number of unbranched alkanes of at least 4 members (excludes halogenated alkanes) is 5. The van der Waals surface area contributed by atoms with Gasteiger partial charge in [-0.1, -0.05) is 89.9 Å². The molecule has 106 valence electrons. The zero-order valence-electron chi connectivity index (χ0n) is 11.2. The van der Waals surface area contributed by atoms with E-state index in [0.717, 1.165) is 7.98 Å². The summed E-state index contributed by atoms with van der Waals surface area (Å²) in [6.07, 6.45) is 7.54. The Labute approximate surface area is 141 Å². The van der Waals surface area contributed by atoms with Gasteiger partial charge in [-0.2, -0.15) is 0 Å². The lowest BCUT2D eigenvalue weighted by Crippen LogP contribution is -2.06. The van der Waals surface area contributed by atoms with Crippen LogP contribution in [0, 0.1) is 0 Å². The standard InChI is InChI=1S/C13H24I2O2Si/c1-11(2)12(16)17-9-7-5-3-4-6-8-10-18-13(14)15/h13H,1,3-10,18H2,2H3. The molecule has 0 fully saturated rings. The molecule has 5 heteroatoms. The normalized spacial score (nSPS) is 11.3. The van der Waals surface area contributed by atoms with Gasteiger partial charge in [-0.3, -0.25) is 0 Å². The zero-order chi connectivity index (χ0) is 13.8. The maximum Gasteiger partial charge on any atom is 0.333 e. The van der Waals surface area contributed by atoms with Gasteiger partial charge < -0.3 is 4.74 Å². The number of hydrogen-bond donors (Lipinski definition) is 0. The second kappa shape index (κ2) is 12.9. The van der Waals surface area contributed by atoms with Crippen LogP contribution in [-0.2, 0) is 9.53 Å². The summed E-state index contributed by atoms with van der Waals surface area (Å²) < 4.78 is 5.96. The molecule has 0 saturated heterocycles. The Hall–Kier alpha value is 0.887. The molecule has 0 aliphatic rings. The van der Waals surface area contributed by atoms with Crippen molar-refractivity contribution in [3.8, 4) is 0 Å². The first-order chi connectivity index (χ1) is 8.54. The molecule has 0 rings (SSSR count). The number of carbonyl (C=O) groups excluding carboxylic acids is 1. The third-order valence-corrected chi connectivity index (χ3v) is 7.73. The molecule has 0 amide bonds. The van der Waals surface area contributed by atoms with Crippen molar-refractivity contribution in [1.29, 1.82) is 0 Å². The maximum absolute atomic E-state index is 11.1. The van der Waals surface area contributed by atoms with Gasteiger partial charge in [0.05, 0.1) is 6.61 Å². The van der Waals surface area contributed by atoms with Crippen LogP contribution in [0.15, 0.2) is 12.2 Å². The molecule has 0 atom stereocenters. The summed E-state index contributed by atoms with van der Waals surface area (Å²) in [6, 6.07) is 1.49. The molecule has 0 radical (unpaired) electrons. The summed E-state index contributed by atoms with van der Waals surface area (Å²) >= 11 is 5.07. The van der Waals surface area contributed by atoms with E-state index in [1.165, 1.54) is 38.1 Å². The molecule has 0 aliphatic heterocycles. The van der Waals surface area contributed by atoms with Crippen LogP contribution in [0.1, 0.15) is 45.4 Å². The van der Waals surface area contributed by atoms with Crippen molar-refractivity contribution in [3.63, 3.8) is 0 Å². The Morgan fingerprint density at radius 1 is 1.17 bits per heavy atom. The predicted molar refractivity (Wildman–Crippen MR) is 98.7 cm³/mol. The number of esters is 1. The van der Waals surface area contributed by atoms with Gasteiger partial charge in [-0.05, 0) is 13.3 Å². The Morgan fingerprint density at radius 3 is 2.28 bits per heavy atom. The van der Waals surface area contributed by atoms with Gasteiger partial charge in [0, 0.05) is 16.6 Å². The van der Waals surface area contributed by atoms with Crippen molar-refractivity contribution >= 4 is 60.7 Å². The first-order valence-electron chi connectivity index (χ1n) is 6.65. The van der Waals surface area contributed by atoms with E-state index < -0.39 is 0 Å². The highest BCUT2D eigenvalue weighted by Crippen LogP contribution is 2.13. The van der Waals surface area contributed by atoms with Crippen molar-refractivity contribution in [3.05, 3.63) is 12.2 Å². The number of halogens is 2. The largest absolute Gasteiger partial charge is 0.462 e. The molecule has 0 unspecified atom stereocenters. The Morgan fingerprint density at radius 2 is 1.72 bits per heavy atom. The van der Waals surface area contributed by atoms with Crippen LogP contribution in [0.3, 0.4) is 0 Å². The van der Waals surface area contributed by atoms with Gasteiger partial charge in [0.25, 0.3) is 0 Å². The third-order valence-electron chi connectivity index (χ3n) is 2.65. The number of rotatable bonds is 11. The molecule has 0 saturated carbocycles. The summed E-state index contributed by atoms with van der Waals surface area (Å²) in [5.74, 6) is -0.257. The minimum atomic E-state index is -0.257. The van der Waals surface area contributed by atoms with Crippen LogP contribution in [-0.4, -0.2) is 23.7 Å². The van der Waals surface area contributed by atoms with Crippen LogP contribution < -0.4 is 0 Å². The summed E-state index contributed by atoms with van der Waals surface area (Å²) in [7, 11) is 0.189.